The van der Waals surface area contributed by atoms with Crippen LogP contribution in [0.4, 0.5) is 4.39 Å². The van der Waals surface area contributed by atoms with Crippen LogP contribution in [0.1, 0.15) is 19.8 Å². The Morgan fingerprint density at radius 2 is 2.27 bits per heavy atom. The van der Waals surface area contributed by atoms with Gasteiger partial charge in [0.25, 0.3) is 0 Å². The number of halogens is 2. The van der Waals surface area contributed by atoms with Crippen LogP contribution in [0.15, 0.2) is 35.7 Å². The summed E-state index contributed by atoms with van der Waals surface area (Å²) in [5.41, 5.74) is 0. The van der Waals surface area contributed by atoms with Gasteiger partial charge in [0, 0.05) is 0 Å². The standard InChI is InChI=1S/C9H12ClF/c1-3-5-7-9(11)8(10)6-4-2/h4,6-7H,2-3,5H2,1H3/b8-6+,9-7+. The van der Waals surface area contributed by atoms with Crippen LogP contribution < -0.4 is 0 Å². The summed E-state index contributed by atoms with van der Waals surface area (Å²) in [6.07, 6.45) is 6.01. The Hall–Kier alpha value is -0.560. The van der Waals surface area contributed by atoms with Crippen molar-refractivity contribution in [3.05, 3.63) is 35.7 Å². The fraction of sp³-hybridized carbons (Fsp3) is 0.333. The van der Waals surface area contributed by atoms with Gasteiger partial charge in [-0.3, -0.25) is 0 Å². The van der Waals surface area contributed by atoms with Gasteiger partial charge < -0.3 is 0 Å². The van der Waals surface area contributed by atoms with E-state index in [1.807, 2.05) is 6.92 Å². The summed E-state index contributed by atoms with van der Waals surface area (Å²) >= 11 is 5.51. The van der Waals surface area contributed by atoms with Gasteiger partial charge in [-0.05, 0) is 18.6 Å². The maximum absolute atomic E-state index is 12.8. The predicted octanol–water partition coefficient (Wildman–Crippen LogP) is 3.95. The zero-order chi connectivity index (χ0) is 8.69. The second-order valence-corrected chi connectivity index (χ2v) is 2.50. The molecule has 0 bridgehead atoms. The lowest BCUT2D eigenvalue weighted by molar-refractivity contribution is 0.653. The molecule has 0 radical (unpaired) electrons. The Morgan fingerprint density at radius 3 is 2.73 bits per heavy atom. The molecule has 0 saturated carbocycles. The Kier molecular flexibility index (Phi) is 5.86. The molecule has 0 aromatic heterocycles. The van der Waals surface area contributed by atoms with Crippen LogP contribution in [-0.2, 0) is 0 Å². The highest BCUT2D eigenvalue weighted by Gasteiger charge is 1.96. The summed E-state index contributed by atoms with van der Waals surface area (Å²) in [4.78, 5) is 0. The highest BCUT2D eigenvalue weighted by molar-refractivity contribution is 6.31. The summed E-state index contributed by atoms with van der Waals surface area (Å²) in [5.74, 6) is -0.367. The van der Waals surface area contributed by atoms with Crippen LogP contribution in [0.25, 0.3) is 0 Å². The number of hydrogen-bond donors (Lipinski definition) is 0. The molecule has 0 nitrogen and oxygen atoms in total. The molecule has 62 valence electrons. The van der Waals surface area contributed by atoms with E-state index in [0.717, 1.165) is 6.42 Å². The van der Waals surface area contributed by atoms with Crippen molar-refractivity contribution in [1.29, 1.82) is 0 Å². The molecular weight excluding hydrogens is 163 g/mol. The van der Waals surface area contributed by atoms with E-state index < -0.39 is 0 Å². The van der Waals surface area contributed by atoms with Crippen molar-refractivity contribution in [3.8, 4) is 0 Å². The van der Waals surface area contributed by atoms with Gasteiger partial charge in [0.15, 0.2) is 0 Å². The molecule has 0 N–H and O–H groups in total. The van der Waals surface area contributed by atoms with Crippen molar-refractivity contribution in [2.45, 2.75) is 19.8 Å². The van der Waals surface area contributed by atoms with Crippen LogP contribution in [0.3, 0.4) is 0 Å². The fourth-order valence-electron chi connectivity index (χ4n) is 0.552. The van der Waals surface area contributed by atoms with Gasteiger partial charge in [-0.1, -0.05) is 37.6 Å². The van der Waals surface area contributed by atoms with Crippen LogP contribution in [0, 0.1) is 0 Å². The van der Waals surface area contributed by atoms with Crippen molar-refractivity contribution < 1.29 is 4.39 Å². The van der Waals surface area contributed by atoms with E-state index in [2.05, 4.69) is 6.58 Å². The first-order valence-corrected chi connectivity index (χ1v) is 3.94. The van der Waals surface area contributed by atoms with E-state index in [-0.39, 0.29) is 10.9 Å². The molecule has 0 rings (SSSR count). The largest absolute Gasteiger partial charge is 0.206 e. The number of allylic oxidation sites excluding steroid dienone is 5. The highest BCUT2D eigenvalue weighted by Crippen LogP contribution is 2.16. The zero-order valence-electron chi connectivity index (χ0n) is 6.61. The summed E-state index contributed by atoms with van der Waals surface area (Å²) in [7, 11) is 0. The van der Waals surface area contributed by atoms with Gasteiger partial charge in [-0.15, -0.1) is 0 Å². The van der Waals surface area contributed by atoms with Gasteiger partial charge in [-0.2, -0.15) is 0 Å². The summed E-state index contributed by atoms with van der Waals surface area (Å²) < 4.78 is 12.8. The first-order valence-electron chi connectivity index (χ1n) is 3.56. The molecule has 0 atom stereocenters. The average Bonchev–Trinajstić information content (AvgIpc) is 2.00. The monoisotopic (exact) mass is 174 g/mol. The lowest BCUT2D eigenvalue weighted by Crippen LogP contribution is -1.73. The van der Waals surface area contributed by atoms with Crippen LogP contribution in [0.2, 0.25) is 0 Å². The van der Waals surface area contributed by atoms with Gasteiger partial charge in [0.2, 0.25) is 0 Å². The normalized spacial score (nSPS) is 13.4. The first kappa shape index (κ1) is 10.4. The average molecular weight is 175 g/mol. The summed E-state index contributed by atoms with van der Waals surface area (Å²) in [6.45, 7) is 5.39. The van der Waals surface area contributed by atoms with E-state index in [9.17, 15) is 4.39 Å². The molecule has 0 saturated heterocycles. The summed E-state index contributed by atoms with van der Waals surface area (Å²) in [5, 5.41) is 0.119. The van der Waals surface area contributed by atoms with Crippen LogP contribution >= 0.6 is 11.6 Å². The zero-order valence-corrected chi connectivity index (χ0v) is 7.37. The van der Waals surface area contributed by atoms with Crippen molar-refractivity contribution in [2.24, 2.45) is 0 Å². The predicted molar refractivity (Wildman–Crippen MR) is 48.2 cm³/mol. The van der Waals surface area contributed by atoms with Gasteiger partial charge >= 0.3 is 0 Å². The van der Waals surface area contributed by atoms with Gasteiger partial charge in [-0.25, -0.2) is 4.39 Å². The second-order valence-electron chi connectivity index (χ2n) is 2.09. The van der Waals surface area contributed by atoms with Gasteiger partial charge in [0.05, 0.1) is 5.03 Å². The van der Waals surface area contributed by atoms with Crippen molar-refractivity contribution in [1.82, 2.24) is 0 Å². The summed E-state index contributed by atoms with van der Waals surface area (Å²) in [6, 6.07) is 0. The number of rotatable bonds is 4. The van der Waals surface area contributed by atoms with E-state index in [4.69, 9.17) is 11.6 Å². The van der Waals surface area contributed by atoms with E-state index >= 15 is 0 Å². The topological polar surface area (TPSA) is 0 Å². The maximum atomic E-state index is 12.8. The third-order valence-corrected chi connectivity index (χ3v) is 1.41. The Labute approximate surface area is 72.1 Å². The third-order valence-electron chi connectivity index (χ3n) is 1.10. The molecule has 0 aliphatic rings. The molecule has 0 aliphatic heterocycles. The van der Waals surface area contributed by atoms with Crippen molar-refractivity contribution in [2.75, 3.05) is 0 Å². The molecule has 0 aromatic rings. The quantitative estimate of drug-likeness (QED) is 0.567. The molecular formula is C9H12ClF. The molecule has 0 aliphatic carbocycles. The SMILES string of the molecule is C=C/C=C(Cl)\C(F)=C/CCC. The molecule has 0 spiro atoms. The first-order chi connectivity index (χ1) is 5.22. The molecule has 0 heterocycles. The number of unbranched alkanes of at least 4 members (excludes halogenated alkanes) is 1. The molecule has 0 aromatic carbocycles. The van der Waals surface area contributed by atoms with E-state index in [1.165, 1.54) is 18.2 Å². The minimum absolute atomic E-state index is 0.119. The van der Waals surface area contributed by atoms with Crippen LogP contribution in [0.5, 0.6) is 0 Å². The molecule has 0 amide bonds. The minimum Gasteiger partial charge on any atom is -0.206 e. The maximum Gasteiger partial charge on any atom is 0.137 e. The van der Waals surface area contributed by atoms with Crippen LogP contribution in [-0.4, -0.2) is 0 Å². The molecule has 11 heavy (non-hydrogen) atoms. The third kappa shape index (κ3) is 4.79. The Morgan fingerprint density at radius 1 is 1.64 bits per heavy atom. The molecule has 0 unspecified atom stereocenters. The number of hydrogen-bond acceptors (Lipinski definition) is 0. The van der Waals surface area contributed by atoms with E-state index in [0.29, 0.717) is 6.42 Å². The Balaban J connectivity index is 4.10. The fourth-order valence-corrected chi connectivity index (χ4v) is 0.718. The lowest BCUT2D eigenvalue weighted by Gasteiger charge is -1.91. The smallest absolute Gasteiger partial charge is 0.137 e. The highest BCUT2D eigenvalue weighted by atomic mass is 35.5. The molecule has 0 fully saturated rings. The van der Waals surface area contributed by atoms with Crippen molar-refractivity contribution in [3.63, 3.8) is 0 Å². The van der Waals surface area contributed by atoms with Gasteiger partial charge in [0.1, 0.15) is 5.83 Å². The lowest BCUT2D eigenvalue weighted by atomic mass is 10.3. The van der Waals surface area contributed by atoms with Crippen molar-refractivity contribution >= 4 is 11.6 Å². The Bertz CT molecular complexity index is 180. The minimum atomic E-state index is -0.367. The van der Waals surface area contributed by atoms with E-state index in [1.54, 1.807) is 0 Å². The second kappa shape index (κ2) is 6.17. The molecule has 2 heteroatoms.